The molecule has 0 saturated carbocycles. The molecule has 6 nitrogen and oxygen atoms in total. The van der Waals surface area contributed by atoms with Gasteiger partial charge in [0.05, 0.1) is 11.4 Å². The molecule has 0 saturated heterocycles. The van der Waals surface area contributed by atoms with Gasteiger partial charge in [0.25, 0.3) is 0 Å². The van der Waals surface area contributed by atoms with E-state index in [1.807, 2.05) is 36.7 Å². The van der Waals surface area contributed by atoms with Crippen LogP contribution in [0, 0.1) is 23.7 Å². The van der Waals surface area contributed by atoms with Gasteiger partial charge in [-0.2, -0.15) is 0 Å². The largest absolute Gasteiger partial charge is 0.577 e. The van der Waals surface area contributed by atoms with Crippen molar-refractivity contribution in [1.29, 1.82) is 0 Å². The molecular weight excluding hydrogens is 454 g/mol. The molecule has 114 valence electrons. The summed E-state index contributed by atoms with van der Waals surface area (Å²) in [5.41, 5.74) is 15.8. The molecule has 0 spiro atoms. The number of nitrogens with zero attached hydrogens (tertiary/aromatic N) is 4. The van der Waals surface area contributed by atoms with Crippen LogP contribution in [0.15, 0.2) is 36.7 Å². The van der Waals surface area contributed by atoms with Crippen LogP contribution in [0.2, 0.25) is 0 Å². The van der Waals surface area contributed by atoms with Gasteiger partial charge in [-0.3, -0.25) is 9.97 Å². The average molecular weight is 466 g/mol. The Morgan fingerprint density at radius 3 is 1.38 bits per heavy atom. The van der Waals surface area contributed by atoms with Crippen LogP contribution in [-0.4, -0.2) is 9.97 Å². The molecule has 0 aliphatic carbocycles. The number of aryl methyl sites for hydroxylation is 2. The predicted octanol–water partition coefficient (Wildman–Crippen LogP) is 4.24. The Morgan fingerprint density at radius 2 is 1.14 bits per heavy atom. The fraction of sp³-hybridized carbons (Fsp3) is 0.167. The summed E-state index contributed by atoms with van der Waals surface area (Å²) in [5.74, 6) is 0. The number of halogens is 2. The summed E-state index contributed by atoms with van der Waals surface area (Å²) in [4.78, 5) is 23.1. The van der Waals surface area contributed by atoms with Crippen molar-refractivity contribution in [1.82, 2.24) is 9.97 Å². The van der Waals surface area contributed by atoms with Gasteiger partial charge in [-0.15, -0.1) is 0 Å². The van der Waals surface area contributed by atoms with E-state index in [0.29, 0.717) is 0 Å². The molecular formula is C12H12F2N4O2W-2. The summed E-state index contributed by atoms with van der Waals surface area (Å²) >= 11 is -2.75. The molecule has 0 fully saturated rings. The molecule has 0 radical (unpaired) electrons. The van der Waals surface area contributed by atoms with Gasteiger partial charge in [0.2, 0.25) is 0 Å². The predicted molar refractivity (Wildman–Crippen MR) is 72.6 cm³/mol. The van der Waals surface area contributed by atoms with Gasteiger partial charge in [-0.25, -0.2) is 0 Å². The first-order chi connectivity index (χ1) is 10.2. The van der Waals surface area contributed by atoms with E-state index in [1.165, 1.54) is 11.1 Å². The van der Waals surface area contributed by atoms with E-state index < -0.39 is 19.6 Å². The van der Waals surface area contributed by atoms with E-state index in [4.69, 9.17) is 21.0 Å². The van der Waals surface area contributed by atoms with Gasteiger partial charge in [0, 0.05) is 12.4 Å². The molecule has 0 aromatic carbocycles. The number of hydrogen-bond donors (Lipinski definition) is 0. The van der Waals surface area contributed by atoms with Crippen LogP contribution < -0.4 is 0 Å². The van der Waals surface area contributed by atoms with E-state index in [0.717, 1.165) is 11.4 Å². The minimum absolute atomic E-state index is 0.939. The molecule has 2 aromatic heterocycles. The van der Waals surface area contributed by atoms with E-state index in [2.05, 4.69) is 23.8 Å². The quantitative estimate of drug-likeness (QED) is 0.627. The topological polar surface area (TPSA) is 105 Å². The van der Waals surface area contributed by atoms with Crippen molar-refractivity contribution in [3.8, 4) is 11.4 Å². The van der Waals surface area contributed by atoms with Crippen molar-refractivity contribution in [3.63, 3.8) is 0 Å². The van der Waals surface area contributed by atoms with Crippen molar-refractivity contribution < 1.29 is 25.9 Å². The Hall–Kier alpha value is -1.95. The van der Waals surface area contributed by atoms with Gasteiger partial charge in [-0.05, 0) is 49.2 Å². The van der Waals surface area contributed by atoms with Gasteiger partial charge in [-0.1, -0.05) is 0 Å². The van der Waals surface area contributed by atoms with Gasteiger partial charge in [0.1, 0.15) is 0 Å². The first-order valence-corrected chi connectivity index (χ1v) is 7.50. The zero-order valence-electron chi connectivity index (χ0n) is 11.2. The summed E-state index contributed by atoms with van der Waals surface area (Å²) in [6, 6.07) is 8.06. The van der Waals surface area contributed by atoms with Crippen LogP contribution in [0.3, 0.4) is 0 Å². The fourth-order valence-electron chi connectivity index (χ4n) is 1.35. The minimum atomic E-state index is -2.75. The maximum Gasteiger partial charge on any atom is -0.423 e. The van der Waals surface area contributed by atoms with Crippen molar-refractivity contribution in [2.24, 2.45) is 0 Å². The normalized spacial score (nSPS) is 8.00. The summed E-state index contributed by atoms with van der Waals surface area (Å²) in [6.07, 6.45) is 3.63. The standard InChI is InChI=1S/C12H12N2.2FH.2NO.W/c1-9-3-5-13-11(7-9)12-8-10(2)4-6-14-12;;;2*1-2;/h3-8H,1-2H3;2*1H;;;/q;;;2*-1;+2/p-2. The third-order valence-corrected chi connectivity index (χ3v) is 2.09. The Balaban J connectivity index is 0. The second kappa shape index (κ2) is 14.5. The number of hydrogen-bond acceptors (Lipinski definition) is 4. The van der Waals surface area contributed by atoms with Crippen LogP contribution in [0.5, 0.6) is 0 Å². The molecule has 9 heteroatoms. The first-order valence-electron chi connectivity index (χ1n) is 5.29. The Kier molecular flexibility index (Phi) is 14.7. The molecule has 0 aliphatic rings. The third kappa shape index (κ3) is 9.56. The smallest absolute Gasteiger partial charge is 0.423 e. The Labute approximate surface area is 130 Å². The van der Waals surface area contributed by atoms with E-state index in [9.17, 15) is 6.32 Å². The summed E-state index contributed by atoms with van der Waals surface area (Å²) in [6.45, 7) is 4.11. The van der Waals surface area contributed by atoms with Gasteiger partial charge >= 0.3 is 25.9 Å². The van der Waals surface area contributed by atoms with Crippen molar-refractivity contribution in [2.75, 3.05) is 0 Å². The summed E-state index contributed by atoms with van der Waals surface area (Å²) < 4.78 is 19.6. The molecule has 0 atom stereocenters. The molecule has 2 heterocycles. The molecule has 0 amide bonds. The van der Waals surface area contributed by atoms with Crippen molar-refractivity contribution in [2.45, 2.75) is 13.8 Å². The molecule has 2 aromatic rings. The molecule has 21 heavy (non-hydrogen) atoms. The zero-order valence-corrected chi connectivity index (χ0v) is 14.2. The maximum absolute atomic E-state index is 9.79. The van der Waals surface area contributed by atoms with Crippen LogP contribution in [0.4, 0.5) is 6.32 Å². The van der Waals surface area contributed by atoms with Crippen molar-refractivity contribution in [3.05, 3.63) is 68.8 Å². The van der Waals surface area contributed by atoms with Crippen molar-refractivity contribution >= 4 is 0 Å². The molecule has 0 N–H and O–H groups in total. The fourth-order valence-corrected chi connectivity index (χ4v) is 1.35. The maximum atomic E-state index is 9.79. The third-order valence-electron chi connectivity index (χ3n) is 2.09. The van der Waals surface area contributed by atoms with Gasteiger partial charge < -0.3 is 21.0 Å². The summed E-state index contributed by atoms with van der Waals surface area (Å²) in [5, 5.41) is 0. The first kappa shape index (κ1) is 21.3. The second-order valence-electron chi connectivity index (χ2n) is 3.50. The van der Waals surface area contributed by atoms with Crippen LogP contribution in [-0.2, 0) is 19.6 Å². The van der Waals surface area contributed by atoms with E-state index in [-0.39, 0.29) is 0 Å². The Bertz CT molecular complexity index is 475. The molecule has 0 aliphatic heterocycles. The minimum Gasteiger partial charge on any atom is -0.577 e. The number of aromatic nitrogens is 2. The second-order valence-corrected chi connectivity index (χ2v) is 3.91. The monoisotopic (exact) mass is 466 g/mol. The molecule has 2 rings (SSSR count). The van der Waals surface area contributed by atoms with Gasteiger partial charge in [0.15, 0.2) is 0 Å². The molecule has 0 bridgehead atoms. The van der Waals surface area contributed by atoms with E-state index >= 15 is 0 Å². The SMILES string of the molecule is Cc1ccnc(-c2cc(C)ccn2)c1.[F][W][F].[N-]=O.[N-]=O. The van der Waals surface area contributed by atoms with Crippen LogP contribution >= 0.6 is 0 Å². The molecule has 0 unspecified atom stereocenters. The Morgan fingerprint density at radius 1 is 0.857 bits per heavy atom. The van der Waals surface area contributed by atoms with Crippen LogP contribution in [0.25, 0.3) is 22.6 Å². The summed E-state index contributed by atoms with van der Waals surface area (Å²) in [7, 11) is 0. The number of pyridine rings is 2. The zero-order chi connectivity index (χ0) is 16.7. The van der Waals surface area contributed by atoms with E-state index in [1.54, 1.807) is 0 Å². The average Bonchev–Trinajstić information content (AvgIpc) is 2.52. The number of rotatable bonds is 1. The number of nitroso groups, excluding NO2 is 2. The van der Waals surface area contributed by atoms with Crippen LogP contribution in [0.1, 0.15) is 11.1 Å².